The van der Waals surface area contributed by atoms with E-state index >= 15 is 0 Å². The Bertz CT molecular complexity index is 624. The Labute approximate surface area is 111 Å². The Hall–Kier alpha value is -2.73. The Kier molecular flexibility index (Phi) is 3.84. The number of hydrogen-bond acceptors (Lipinski definition) is 2. The Morgan fingerprint density at radius 1 is 1.21 bits per heavy atom. The van der Waals surface area contributed by atoms with Gasteiger partial charge < -0.3 is 9.84 Å². The van der Waals surface area contributed by atoms with E-state index in [1.54, 1.807) is 6.07 Å². The molecular weight excluding hydrogens is 240 g/mol. The van der Waals surface area contributed by atoms with Gasteiger partial charge in [0.2, 0.25) is 0 Å². The molecule has 19 heavy (non-hydrogen) atoms. The highest BCUT2D eigenvalue weighted by Crippen LogP contribution is 2.21. The largest absolute Gasteiger partial charge is 0.488 e. The Balaban J connectivity index is 2.21. The SMILES string of the molecule is C#Cc1ccc(C(=O)O)cc1OCc1ccccc1. The van der Waals surface area contributed by atoms with Gasteiger partial charge in [0.05, 0.1) is 11.1 Å². The van der Waals surface area contributed by atoms with E-state index in [1.807, 2.05) is 30.3 Å². The number of rotatable bonds is 4. The van der Waals surface area contributed by atoms with Gasteiger partial charge >= 0.3 is 5.97 Å². The van der Waals surface area contributed by atoms with Crippen LogP contribution in [0.2, 0.25) is 0 Å². The summed E-state index contributed by atoms with van der Waals surface area (Å²) in [7, 11) is 0. The summed E-state index contributed by atoms with van der Waals surface area (Å²) in [6, 6.07) is 14.1. The molecule has 0 aliphatic heterocycles. The molecule has 0 aromatic heterocycles. The Morgan fingerprint density at radius 2 is 1.95 bits per heavy atom. The molecule has 0 saturated carbocycles. The van der Waals surface area contributed by atoms with Crippen LogP contribution in [0, 0.1) is 12.3 Å². The topological polar surface area (TPSA) is 46.5 Å². The van der Waals surface area contributed by atoms with E-state index in [-0.39, 0.29) is 5.56 Å². The van der Waals surface area contributed by atoms with Crippen molar-refractivity contribution >= 4 is 5.97 Å². The van der Waals surface area contributed by atoms with Crippen molar-refractivity contribution in [2.24, 2.45) is 0 Å². The van der Waals surface area contributed by atoms with Crippen LogP contribution in [-0.2, 0) is 6.61 Å². The van der Waals surface area contributed by atoms with Gasteiger partial charge in [-0.05, 0) is 23.8 Å². The van der Waals surface area contributed by atoms with Crippen molar-refractivity contribution in [3.05, 3.63) is 65.2 Å². The lowest BCUT2D eigenvalue weighted by atomic mass is 10.1. The van der Waals surface area contributed by atoms with Crippen molar-refractivity contribution < 1.29 is 14.6 Å². The smallest absolute Gasteiger partial charge is 0.335 e. The van der Waals surface area contributed by atoms with Crippen LogP contribution in [0.25, 0.3) is 0 Å². The van der Waals surface area contributed by atoms with Crippen molar-refractivity contribution in [2.45, 2.75) is 6.61 Å². The molecule has 1 N–H and O–H groups in total. The number of terminal acetylenes is 1. The van der Waals surface area contributed by atoms with Crippen LogP contribution in [0.15, 0.2) is 48.5 Å². The lowest BCUT2D eigenvalue weighted by molar-refractivity contribution is 0.0696. The molecule has 94 valence electrons. The minimum Gasteiger partial charge on any atom is -0.488 e. The molecular formula is C16H12O3. The fourth-order valence-electron chi connectivity index (χ4n) is 1.63. The molecule has 0 aliphatic carbocycles. The highest BCUT2D eigenvalue weighted by molar-refractivity contribution is 5.88. The molecule has 0 radical (unpaired) electrons. The molecule has 0 bridgehead atoms. The number of benzene rings is 2. The summed E-state index contributed by atoms with van der Waals surface area (Å²) in [6.45, 7) is 0.346. The van der Waals surface area contributed by atoms with Crippen molar-refractivity contribution in [3.63, 3.8) is 0 Å². The van der Waals surface area contributed by atoms with Gasteiger partial charge in [-0.1, -0.05) is 36.3 Å². The second-order valence-electron chi connectivity index (χ2n) is 3.93. The summed E-state index contributed by atoms with van der Waals surface area (Å²) >= 11 is 0. The lowest BCUT2D eigenvalue weighted by Crippen LogP contribution is -2.01. The summed E-state index contributed by atoms with van der Waals surface area (Å²) in [5, 5.41) is 8.95. The summed E-state index contributed by atoms with van der Waals surface area (Å²) in [6.07, 6.45) is 5.37. The third kappa shape index (κ3) is 3.14. The minimum atomic E-state index is -1.01. The zero-order valence-corrected chi connectivity index (χ0v) is 10.2. The molecule has 3 nitrogen and oxygen atoms in total. The average Bonchev–Trinajstić information content (AvgIpc) is 2.45. The first-order chi connectivity index (χ1) is 9.20. The van der Waals surface area contributed by atoms with Crippen molar-refractivity contribution in [1.29, 1.82) is 0 Å². The van der Waals surface area contributed by atoms with E-state index < -0.39 is 5.97 Å². The fraction of sp³-hybridized carbons (Fsp3) is 0.0625. The van der Waals surface area contributed by atoms with Crippen LogP contribution < -0.4 is 4.74 Å². The molecule has 0 aliphatic rings. The van der Waals surface area contributed by atoms with Gasteiger partial charge in [-0.2, -0.15) is 0 Å². The van der Waals surface area contributed by atoms with Crippen LogP contribution in [0.1, 0.15) is 21.5 Å². The number of carboxylic acid groups (broad SMARTS) is 1. The van der Waals surface area contributed by atoms with E-state index in [0.717, 1.165) is 5.56 Å². The first-order valence-electron chi connectivity index (χ1n) is 5.71. The third-order valence-electron chi connectivity index (χ3n) is 2.62. The predicted octanol–water partition coefficient (Wildman–Crippen LogP) is 2.95. The summed E-state index contributed by atoms with van der Waals surface area (Å²) in [5.74, 6) is 1.88. The maximum absolute atomic E-state index is 10.9. The number of carbonyl (C=O) groups is 1. The third-order valence-corrected chi connectivity index (χ3v) is 2.62. The zero-order valence-electron chi connectivity index (χ0n) is 10.2. The van der Waals surface area contributed by atoms with E-state index in [4.69, 9.17) is 16.3 Å². The number of carboxylic acids is 1. The predicted molar refractivity (Wildman–Crippen MR) is 72.1 cm³/mol. The molecule has 0 spiro atoms. The molecule has 0 atom stereocenters. The van der Waals surface area contributed by atoms with Crippen molar-refractivity contribution in [3.8, 4) is 18.1 Å². The van der Waals surface area contributed by atoms with E-state index in [2.05, 4.69) is 5.92 Å². The van der Waals surface area contributed by atoms with Gasteiger partial charge in [-0.15, -0.1) is 6.42 Å². The van der Waals surface area contributed by atoms with Crippen molar-refractivity contribution in [2.75, 3.05) is 0 Å². The quantitative estimate of drug-likeness (QED) is 0.851. The second-order valence-corrected chi connectivity index (χ2v) is 3.93. The van der Waals surface area contributed by atoms with Gasteiger partial charge in [0, 0.05) is 0 Å². The summed E-state index contributed by atoms with van der Waals surface area (Å²) in [4.78, 5) is 10.9. The van der Waals surface area contributed by atoms with E-state index in [9.17, 15) is 4.79 Å². The molecule has 0 unspecified atom stereocenters. The average molecular weight is 252 g/mol. The monoisotopic (exact) mass is 252 g/mol. The summed E-state index contributed by atoms with van der Waals surface area (Å²) in [5.41, 5.74) is 1.69. The van der Waals surface area contributed by atoms with Gasteiger partial charge in [-0.3, -0.25) is 0 Å². The molecule has 2 rings (SSSR count). The molecule has 2 aromatic carbocycles. The van der Waals surface area contributed by atoms with Gasteiger partial charge in [0.15, 0.2) is 0 Å². The minimum absolute atomic E-state index is 0.155. The first kappa shape index (κ1) is 12.7. The van der Waals surface area contributed by atoms with Crippen LogP contribution in [0.4, 0.5) is 0 Å². The maximum Gasteiger partial charge on any atom is 0.335 e. The molecule has 0 saturated heterocycles. The van der Waals surface area contributed by atoms with Gasteiger partial charge in [-0.25, -0.2) is 4.79 Å². The molecule has 2 aromatic rings. The standard InChI is InChI=1S/C16H12O3/c1-2-13-8-9-14(16(17)18)10-15(13)19-11-12-6-4-3-5-7-12/h1,3-10H,11H2,(H,17,18). The van der Waals surface area contributed by atoms with E-state index in [1.165, 1.54) is 12.1 Å². The molecule has 3 heteroatoms. The zero-order chi connectivity index (χ0) is 13.7. The van der Waals surface area contributed by atoms with Crippen LogP contribution in [0.3, 0.4) is 0 Å². The molecule has 0 amide bonds. The highest BCUT2D eigenvalue weighted by Gasteiger charge is 2.08. The lowest BCUT2D eigenvalue weighted by Gasteiger charge is -2.09. The number of ether oxygens (including phenoxy) is 1. The molecule has 0 fully saturated rings. The van der Waals surface area contributed by atoms with Gasteiger partial charge in [0.1, 0.15) is 12.4 Å². The Morgan fingerprint density at radius 3 is 2.58 bits per heavy atom. The van der Waals surface area contributed by atoms with E-state index in [0.29, 0.717) is 17.9 Å². The fourth-order valence-corrected chi connectivity index (χ4v) is 1.63. The van der Waals surface area contributed by atoms with Crippen molar-refractivity contribution in [1.82, 2.24) is 0 Å². The second kappa shape index (κ2) is 5.74. The first-order valence-corrected chi connectivity index (χ1v) is 5.71. The normalized spacial score (nSPS) is 9.63. The van der Waals surface area contributed by atoms with Crippen LogP contribution in [-0.4, -0.2) is 11.1 Å². The summed E-state index contributed by atoms with van der Waals surface area (Å²) < 4.78 is 5.60. The molecule has 0 heterocycles. The number of aromatic carboxylic acids is 1. The van der Waals surface area contributed by atoms with Gasteiger partial charge in [0.25, 0.3) is 0 Å². The highest BCUT2D eigenvalue weighted by atomic mass is 16.5. The van der Waals surface area contributed by atoms with Crippen LogP contribution >= 0.6 is 0 Å². The number of hydrogen-bond donors (Lipinski definition) is 1. The van der Waals surface area contributed by atoms with Crippen LogP contribution in [0.5, 0.6) is 5.75 Å². The maximum atomic E-state index is 10.9.